The topological polar surface area (TPSA) is 84.4 Å². The number of ether oxygens (including phenoxy) is 1. The molecular weight excluding hydrogens is 404 g/mol. The number of anilines is 1. The molecule has 0 saturated carbocycles. The van der Waals surface area contributed by atoms with Gasteiger partial charge >= 0.3 is 0 Å². The molecule has 1 aromatic carbocycles. The first-order valence-electron chi connectivity index (χ1n) is 10.8. The van der Waals surface area contributed by atoms with E-state index in [1.807, 2.05) is 41.3 Å². The Kier molecular flexibility index (Phi) is 7.07. The van der Waals surface area contributed by atoms with Gasteiger partial charge in [-0.15, -0.1) is 0 Å². The summed E-state index contributed by atoms with van der Waals surface area (Å²) in [5.74, 6) is 0.881. The molecule has 0 radical (unpaired) electrons. The number of rotatable bonds is 7. The predicted molar refractivity (Wildman–Crippen MR) is 121 cm³/mol. The summed E-state index contributed by atoms with van der Waals surface area (Å²) in [5, 5.41) is 2.99. The molecule has 3 aromatic rings. The predicted octanol–water partition coefficient (Wildman–Crippen LogP) is 4.08. The number of nitrogens with zero attached hydrogens (tertiary/aromatic N) is 3. The minimum Gasteiger partial charge on any atom is -0.454 e. The summed E-state index contributed by atoms with van der Waals surface area (Å²) in [5.41, 5.74) is 1.69. The zero-order chi connectivity index (χ0) is 22.2. The van der Waals surface area contributed by atoms with Crippen molar-refractivity contribution < 1.29 is 14.3 Å². The quantitative estimate of drug-likeness (QED) is 0.611. The number of hydrogen-bond acceptors (Lipinski definition) is 5. The Bertz CT molecular complexity index is 1040. The van der Waals surface area contributed by atoms with E-state index in [1.54, 1.807) is 36.9 Å². The van der Waals surface area contributed by atoms with Crippen molar-refractivity contribution in [3.05, 3.63) is 78.9 Å². The van der Waals surface area contributed by atoms with Crippen molar-refractivity contribution in [1.82, 2.24) is 14.9 Å². The van der Waals surface area contributed by atoms with Gasteiger partial charge in [0.25, 0.3) is 0 Å². The van der Waals surface area contributed by atoms with E-state index in [0.717, 1.165) is 18.4 Å². The van der Waals surface area contributed by atoms with E-state index in [-0.39, 0.29) is 17.7 Å². The third-order valence-electron chi connectivity index (χ3n) is 5.53. The molecule has 1 N–H and O–H groups in total. The summed E-state index contributed by atoms with van der Waals surface area (Å²) in [4.78, 5) is 35.6. The number of amides is 2. The molecule has 32 heavy (non-hydrogen) atoms. The first-order chi connectivity index (χ1) is 15.7. The number of hydrogen-bond donors (Lipinski definition) is 1. The van der Waals surface area contributed by atoms with Gasteiger partial charge in [-0.05, 0) is 61.2 Å². The molecule has 0 aliphatic carbocycles. The number of carbonyl (C=O) groups excluding carboxylic acids is 2. The number of nitrogens with one attached hydrogen (secondary N) is 1. The van der Waals surface area contributed by atoms with Crippen molar-refractivity contribution in [3.8, 4) is 11.5 Å². The SMILES string of the molecule is O=C(Nc1ccccc1Oc1cccnc1)[C@@H]1CCCN(C(=O)CCc2ccncc2)C1. The Hall–Kier alpha value is -3.74. The van der Waals surface area contributed by atoms with Crippen molar-refractivity contribution in [3.63, 3.8) is 0 Å². The highest BCUT2D eigenvalue weighted by Gasteiger charge is 2.28. The highest BCUT2D eigenvalue weighted by Crippen LogP contribution is 2.30. The van der Waals surface area contributed by atoms with Crippen molar-refractivity contribution in [1.29, 1.82) is 0 Å². The van der Waals surface area contributed by atoms with Crippen LogP contribution in [0.25, 0.3) is 0 Å². The highest BCUT2D eigenvalue weighted by atomic mass is 16.5. The molecular formula is C25H26N4O3. The van der Waals surface area contributed by atoms with Crippen LogP contribution in [0.1, 0.15) is 24.8 Å². The molecule has 4 rings (SSSR count). The lowest BCUT2D eigenvalue weighted by atomic mass is 9.96. The molecule has 0 spiro atoms. The van der Waals surface area contributed by atoms with Gasteiger partial charge < -0.3 is 15.0 Å². The fourth-order valence-corrected chi connectivity index (χ4v) is 3.80. The van der Waals surface area contributed by atoms with E-state index in [1.165, 1.54) is 0 Å². The monoisotopic (exact) mass is 430 g/mol. The van der Waals surface area contributed by atoms with E-state index >= 15 is 0 Å². The maximum absolute atomic E-state index is 13.0. The van der Waals surface area contributed by atoms with Crippen LogP contribution in [-0.2, 0) is 16.0 Å². The fourth-order valence-electron chi connectivity index (χ4n) is 3.80. The summed E-state index contributed by atoms with van der Waals surface area (Å²) in [7, 11) is 0. The molecule has 1 fully saturated rings. The Balaban J connectivity index is 1.35. The summed E-state index contributed by atoms with van der Waals surface area (Å²) in [6.45, 7) is 1.13. The molecule has 7 heteroatoms. The number of aryl methyl sites for hydroxylation is 1. The van der Waals surface area contributed by atoms with Crippen LogP contribution in [0.2, 0.25) is 0 Å². The van der Waals surface area contributed by atoms with Gasteiger partial charge in [-0.2, -0.15) is 0 Å². The van der Waals surface area contributed by atoms with Gasteiger partial charge in [0.1, 0.15) is 5.75 Å². The fraction of sp³-hybridized carbons (Fsp3) is 0.280. The summed E-state index contributed by atoms with van der Waals surface area (Å²) in [6.07, 6.45) is 9.43. The summed E-state index contributed by atoms with van der Waals surface area (Å²) in [6, 6.07) is 14.8. The van der Waals surface area contributed by atoms with Crippen molar-refractivity contribution in [2.75, 3.05) is 18.4 Å². The van der Waals surface area contributed by atoms with Gasteiger partial charge in [-0.3, -0.25) is 19.6 Å². The second-order valence-electron chi connectivity index (χ2n) is 7.81. The highest BCUT2D eigenvalue weighted by molar-refractivity contribution is 5.94. The Labute approximate surface area is 187 Å². The van der Waals surface area contributed by atoms with Gasteiger partial charge in [0.2, 0.25) is 11.8 Å². The molecule has 1 aliphatic heterocycles. The third kappa shape index (κ3) is 5.69. The van der Waals surface area contributed by atoms with Gasteiger partial charge in [0.05, 0.1) is 17.8 Å². The van der Waals surface area contributed by atoms with E-state index in [9.17, 15) is 9.59 Å². The van der Waals surface area contributed by atoms with Crippen LogP contribution in [0.15, 0.2) is 73.3 Å². The van der Waals surface area contributed by atoms with Crippen molar-refractivity contribution in [2.45, 2.75) is 25.7 Å². The van der Waals surface area contributed by atoms with Gasteiger partial charge in [0.15, 0.2) is 5.75 Å². The van der Waals surface area contributed by atoms with Crippen molar-refractivity contribution in [2.24, 2.45) is 5.92 Å². The standard InChI is InChI=1S/C25H26N4O3/c30-24(10-9-19-11-14-26-15-12-19)29-16-4-5-20(18-29)25(31)28-22-7-1-2-8-23(22)32-21-6-3-13-27-17-21/h1-3,6-8,11-15,17,20H,4-5,9-10,16,18H2,(H,28,31)/t20-/m1/s1. The zero-order valence-electron chi connectivity index (χ0n) is 17.8. The van der Waals surface area contributed by atoms with E-state index in [0.29, 0.717) is 43.1 Å². The normalized spacial score (nSPS) is 15.8. The van der Waals surface area contributed by atoms with Gasteiger partial charge in [-0.1, -0.05) is 12.1 Å². The third-order valence-corrected chi connectivity index (χ3v) is 5.53. The minimum atomic E-state index is -0.250. The Morgan fingerprint density at radius 2 is 1.88 bits per heavy atom. The van der Waals surface area contributed by atoms with Crippen LogP contribution in [-0.4, -0.2) is 39.8 Å². The lowest BCUT2D eigenvalue weighted by Gasteiger charge is -2.32. The molecule has 1 atom stereocenters. The Morgan fingerprint density at radius 3 is 2.69 bits per heavy atom. The number of likely N-dealkylation sites (tertiary alicyclic amines) is 1. The van der Waals surface area contributed by atoms with E-state index in [2.05, 4.69) is 15.3 Å². The molecule has 3 heterocycles. The summed E-state index contributed by atoms with van der Waals surface area (Å²) >= 11 is 0. The van der Waals surface area contributed by atoms with E-state index < -0.39 is 0 Å². The van der Waals surface area contributed by atoms with Crippen LogP contribution in [0.5, 0.6) is 11.5 Å². The number of piperidine rings is 1. The smallest absolute Gasteiger partial charge is 0.229 e. The second kappa shape index (κ2) is 10.5. The number of aromatic nitrogens is 2. The lowest BCUT2D eigenvalue weighted by Crippen LogP contribution is -2.43. The molecule has 2 aromatic heterocycles. The minimum absolute atomic E-state index is 0.0830. The maximum Gasteiger partial charge on any atom is 0.229 e. The number of carbonyl (C=O) groups is 2. The zero-order valence-corrected chi connectivity index (χ0v) is 17.8. The molecule has 1 aliphatic rings. The molecule has 0 unspecified atom stereocenters. The molecule has 2 amide bonds. The second-order valence-corrected chi connectivity index (χ2v) is 7.81. The van der Waals surface area contributed by atoms with Crippen LogP contribution >= 0.6 is 0 Å². The van der Waals surface area contributed by atoms with Gasteiger partial charge in [0, 0.05) is 38.1 Å². The average Bonchev–Trinajstić information content (AvgIpc) is 2.85. The van der Waals surface area contributed by atoms with Gasteiger partial charge in [-0.25, -0.2) is 0 Å². The molecule has 164 valence electrons. The van der Waals surface area contributed by atoms with Crippen LogP contribution in [0.4, 0.5) is 5.69 Å². The number of pyridine rings is 2. The van der Waals surface area contributed by atoms with Crippen LogP contribution in [0.3, 0.4) is 0 Å². The molecule has 0 bridgehead atoms. The van der Waals surface area contributed by atoms with Crippen LogP contribution < -0.4 is 10.1 Å². The van der Waals surface area contributed by atoms with Crippen molar-refractivity contribution >= 4 is 17.5 Å². The maximum atomic E-state index is 13.0. The average molecular weight is 431 g/mol. The molecule has 7 nitrogen and oxygen atoms in total. The lowest BCUT2D eigenvalue weighted by molar-refractivity contribution is -0.134. The molecule has 1 saturated heterocycles. The first kappa shape index (κ1) is 21.5. The first-order valence-corrected chi connectivity index (χ1v) is 10.8. The summed E-state index contributed by atoms with van der Waals surface area (Å²) < 4.78 is 5.88. The number of benzene rings is 1. The number of para-hydroxylation sites is 2. The largest absolute Gasteiger partial charge is 0.454 e. The Morgan fingerprint density at radius 1 is 1.03 bits per heavy atom. The van der Waals surface area contributed by atoms with Crippen LogP contribution in [0, 0.1) is 5.92 Å². The van der Waals surface area contributed by atoms with E-state index in [4.69, 9.17) is 4.74 Å².